The summed E-state index contributed by atoms with van der Waals surface area (Å²) in [4.78, 5) is 22.6. The van der Waals surface area contributed by atoms with Gasteiger partial charge >= 0.3 is 5.97 Å². The van der Waals surface area contributed by atoms with Gasteiger partial charge in [-0.15, -0.1) is 0 Å². The molecule has 0 fully saturated rings. The lowest BCUT2D eigenvalue weighted by atomic mass is 9.97. The Kier molecular flexibility index (Phi) is 6.37. The lowest BCUT2D eigenvalue weighted by molar-refractivity contribution is -0.139. The molecule has 1 unspecified atom stereocenters. The van der Waals surface area contributed by atoms with Gasteiger partial charge in [0.25, 0.3) is 0 Å². The van der Waals surface area contributed by atoms with Gasteiger partial charge in [-0.2, -0.15) is 0 Å². The molecule has 5 nitrogen and oxygen atoms in total. The maximum absolute atomic E-state index is 12.1. The Bertz CT molecular complexity index is 685. The molecule has 2 rings (SSSR count). The molecule has 126 valence electrons. The molecule has 0 spiro atoms. The number of carboxylic acids is 1. The topological polar surface area (TPSA) is 75.6 Å². The van der Waals surface area contributed by atoms with Crippen LogP contribution in [0, 0.1) is 0 Å². The normalized spacial score (nSPS) is 11.5. The van der Waals surface area contributed by atoms with Crippen LogP contribution in [0.15, 0.2) is 54.6 Å². The lowest BCUT2D eigenvalue weighted by Crippen LogP contribution is -2.24. The molecule has 0 heterocycles. The van der Waals surface area contributed by atoms with Crippen LogP contribution in [0.5, 0.6) is 5.75 Å². The average molecular weight is 327 g/mol. The Hall–Kier alpha value is -2.82. The zero-order chi connectivity index (χ0) is 17.4. The first kappa shape index (κ1) is 17.5. The number of carbonyl (C=O) groups is 2. The number of amides is 1. The molecule has 0 aliphatic carbocycles. The second kappa shape index (κ2) is 8.72. The second-order valence-corrected chi connectivity index (χ2v) is 5.62. The number of rotatable bonds is 8. The first-order valence-electron chi connectivity index (χ1n) is 7.80. The molecule has 1 amide bonds. The number of ether oxygens (including phenoxy) is 1. The van der Waals surface area contributed by atoms with Crippen molar-refractivity contribution in [2.45, 2.75) is 25.8 Å². The van der Waals surface area contributed by atoms with Crippen molar-refractivity contribution in [2.75, 3.05) is 6.61 Å². The van der Waals surface area contributed by atoms with Crippen molar-refractivity contribution in [3.63, 3.8) is 0 Å². The molecule has 0 aliphatic rings. The van der Waals surface area contributed by atoms with Gasteiger partial charge < -0.3 is 15.2 Å². The Balaban J connectivity index is 1.83. The fourth-order valence-electron chi connectivity index (χ4n) is 2.34. The van der Waals surface area contributed by atoms with Crippen molar-refractivity contribution < 1.29 is 19.4 Å². The fraction of sp³-hybridized carbons (Fsp3) is 0.263. The van der Waals surface area contributed by atoms with E-state index in [1.165, 1.54) is 0 Å². The van der Waals surface area contributed by atoms with E-state index in [2.05, 4.69) is 5.32 Å². The van der Waals surface area contributed by atoms with E-state index in [0.717, 1.165) is 11.1 Å². The van der Waals surface area contributed by atoms with Crippen molar-refractivity contribution in [1.29, 1.82) is 0 Å². The maximum Gasteiger partial charge on any atom is 0.341 e. The molecule has 0 saturated heterocycles. The van der Waals surface area contributed by atoms with E-state index in [1.807, 2.05) is 43.3 Å². The summed E-state index contributed by atoms with van der Waals surface area (Å²) in [6, 6.07) is 17.0. The molecular formula is C19H21NO4. The van der Waals surface area contributed by atoms with Crippen molar-refractivity contribution >= 4 is 11.9 Å². The summed E-state index contributed by atoms with van der Waals surface area (Å²) in [5.41, 5.74) is 2.00. The van der Waals surface area contributed by atoms with Crippen LogP contribution in [0.25, 0.3) is 0 Å². The minimum absolute atomic E-state index is 0.0248. The Labute approximate surface area is 141 Å². The highest BCUT2D eigenvalue weighted by Crippen LogP contribution is 2.18. The van der Waals surface area contributed by atoms with E-state index in [0.29, 0.717) is 18.7 Å². The number of carbonyl (C=O) groups excluding carboxylic acids is 1. The molecule has 24 heavy (non-hydrogen) atoms. The van der Waals surface area contributed by atoms with Gasteiger partial charge in [0, 0.05) is 13.0 Å². The van der Waals surface area contributed by atoms with E-state index in [4.69, 9.17) is 9.84 Å². The summed E-state index contributed by atoms with van der Waals surface area (Å²) in [5, 5.41) is 11.5. The minimum Gasteiger partial charge on any atom is -0.482 e. The van der Waals surface area contributed by atoms with E-state index >= 15 is 0 Å². The smallest absolute Gasteiger partial charge is 0.341 e. The van der Waals surface area contributed by atoms with E-state index in [-0.39, 0.29) is 18.4 Å². The third-order valence-corrected chi connectivity index (χ3v) is 3.61. The first-order valence-corrected chi connectivity index (χ1v) is 7.80. The number of nitrogens with one attached hydrogen (secondary N) is 1. The molecule has 2 N–H and O–H groups in total. The van der Waals surface area contributed by atoms with Crippen molar-refractivity contribution in [2.24, 2.45) is 0 Å². The average Bonchev–Trinajstić information content (AvgIpc) is 2.59. The molecule has 0 bridgehead atoms. The third kappa shape index (κ3) is 5.76. The van der Waals surface area contributed by atoms with Crippen LogP contribution in [0.3, 0.4) is 0 Å². The summed E-state index contributed by atoms with van der Waals surface area (Å²) >= 11 is 0. The van der Waals surface area contributed by atoms with Crippen LogP contribution < -0.4 is 10.1 Å². The standard InChI is InChI=1S/C19H21NO4/c1-14(16-7-3-2-4-8-16)10-18(21)20-12-15-6-5-9-17(11-15)24-13-19(22)23/h2-9,11,14H,10,12-13H2,1H3,(H,20,21)(H,22,23). The van der Waals surface area contributed by atoms with Gasteiger partial charge in [0.15, 0.2) is 6.61 Å². The molecule has 2 aromatic carbocycles. The lowest BCUT2D eigenvalue weighted by Gasteiger charge is -2.12. The number of hydrogen-bond donors (Lipinski definition) is 2. The molecule has 1 atom stereocenters. The predicted octanol–water partition coefficient (Wildman–Crippen LogP) is 2.96. The van der Waals surface area contributed by atoms with Gasteiger partial charge in [-0.3, -0.25) is 4.79 Å². The molecule has 0 aliphatic heterocycles. The largest absolute Gasteiger partial charge is 0.482 e. The second-order valence-electron chi connectivity index (χ2n) is 5.62. The Morgan fingerprint density at radius 1 is 1.12 bits per heavy atom. The maximum atomic E-state index is 12.1. The Morgan fingerprint density at radius 3 is 2.58 bits per heavy atom. The number of carboxylic acid groups (broad SMARTS) is 1. The van der Waals surface area contributed by atoms with Gasteiger partial charge in [-0.1, -0.05) is 49.4 Å². The van der Waals surface area contributed by atoms with Crippen molar-refractivity contribution in [3.8, 4) is 5.75 Å². The molecule has 2 aromatic rings. The minimum atomic E-state index is -1.02. The van der Waals surface area contributed by atoms with E-state index < -0.39 is 5.97 Å². The fourth-order valence-corrected chi connectivity index (χ4v) is 2.34. The van der Waals surface area contributed by atoms with Gasteiger partial charge in [0.05, 0.1) is 0 Å². The summed E-state index contributed by atoms with van der Waals surface area (Å²) in [6.07, 6.45) is 0.416. The van der Waals surface area contributed by atoms with Crippen molar-refractivity contribution in [3.05, 3.63) is 65.7 Å². The Morgan fingerprint density at radius 2 is 1.88 bits per heavy atom. The SMILES string of the molecule is CC(CC(=O)NCc1cccc(OCC(=O)O)c1)c1ccccc1. The summed E-state index contributed by atoms with van der Waals surface area (Å²) in [7, 11) is 0. The summed E-state index contributed by atoms with van der Waals surface area (Å²) in [5.74, 6) is -0.426. The van der Waals surface area contributed by atoms with E-state index in [1.54, 1.807) is 18.2 Å². The van der Waals surface area contributed by atoms with Crippen LogP contribution in [-0.4, -0.2) is 23.6 Å². The zero-order valence-corrected chi connectivity index (χ0v) is 13.6. The van der Waals surface area contributed by atoms with Crippen LogP contribution in [0.1, 0.15) is 30.4 Å². The number of aliphatic carboxylic acids is 1. The molecule has 0 radical (unpaired) electrons. The van der Waals surface area contributed by atoms with E-state index in [9.17, 15) is 9.59 Å². The van der Waals surface area contributed by atoms with Crippen LogP contribution >= 0.6 is 0 Å². The van der Waals surface area contributed by atoms with Gasteiger partial charge in [0.1, 0.15) is 5.75 Å². The molecular weight excluding hydrogens is 306 g/mol. The number of benzene rings is 2. The highest BCUT2D eigenvalue weighted by atomic mass is 16.5. The van der Waals surface area contributed by atoms with Crippen LogP contribution in [0.4, 0.5) is 0 Å². The molecule has 0 aromatic heterocycles. The van der Waals surface area contributed by atoms with Crippen LogP contribution in [-0.2, 0) is 16.1 Å². The van der Waals surface area contributed by atoms with Crippen molar-refractivity contribution in [1.82, 2.24) is 5.32 Å². The predicted molar refractivity (Wildman–Crippen MR) is 90.9 cm³/mol. The third-order valence-electron chi connectivity index (χ3n) is 3.61. The summed E-state index contributed by atoms with van der Waals surface area (Å²) < 4.78 is 5.13. The number of hydrogen-bond acceptors (Lipinski definition) is 3. The highest BCUT2D eigenvalue weighted by molar-refractivity contribution is 5.76. The molecule has 0 saturated carbocycles. The van der Waals surface area contributed by atoms with Gasteiger partial charge in [0.2, 0.25) is 5.91 Å². The molecule has 5 heteroatoms. The zero-order valence-electron chi connectivity index (χ0n) is 13.6. The van der Waals surface area contributed by atoms with Crippen LogP contribution in [0.2, 0.25) is 0 Å². The highest BCUT2D eigenvalue weighted by Gasteiger charge is 2.11. The van der Waals surface area contributed by atoms with Gasteiger partial charge in [-0.05, 0) is 29.2 Å². The first-order chi connectivity index (χ1) is 11.5. The van der Waals surface area contributed by atoms with Gasteiger partial charge in [-0.25, -0.2) is 4.79 Å². The summed E-state index contributed by atoms with van der Waals surface area (Å²) in [6.45, 7) is 2.02. The quantitative estimate of drug-likeness (QED) is 0.781. The monoisotopic (exact) mass is 327 g/mol.